The molecular formula is C42H77NO3. The quantitative estimate of drug-likeness (QED) is 0.198. The first-order chi connectivity index (χ1) is 22.1. The molecule has 0 aliphatic heterocycles. The molecule has 46 heavy (non-hydrogen) atoms. The largest absolute Gasteiger partial charge is 0.494 e. The van der Waals surface area contributed by atoms with Crippen LogP contribution in [0.1, 0.15) is 160 Å². The number of hydrogen-bond donors (Lipinski definition) is 2. The van der Waals surface area contributed by atoms with Crippen LogP contribution < -0.4 is 5.32 Å². The van der Waals surface area contributed by atoms with Crippen molar-refractivity contribution in [3.8, 4) is 0 Å². The normalized spacial score (nSPS) is 26.5. The van der Waals surface area contributed by atoms with Crippen molar-refractivity contribution < 1.29 is 14.6 Å². The van der Waals surface area contributed by atoms with Gasteiger partial charge >= 0.3 is 0 Å². The molecule has 0 spiro atoms. The number of allylic oxidation sites excluding steroid dienone is 7. The Morgan fingerprint density at radius 2 is 1.72 bits per heavy atom. The molecule has 4 heteroatoms. The minimum atomic E-state index is -0.338. The molecule has 2 N–H and O–H groups in total. The summed E-state index contributed by atoms with van der Waals surface area (Å²) in [6.45, 7) is 27.5. The number of hydrogen-bond acceptors (Lipinski definition) is 4. The Bertz CT molecular complexity index is 925. The maximum atomic E-state index is 11.9. The monoisotopic (exact) mass is 644 g/mol. The van der Waals surface area contributed by atoms with Gasteiger partial charge in [0, 0.05) is 17.9 Å². The van der Waals surface area contributed by atoms with Crippen LogP contribution in [0.15, 0.2) is 47.3 Å². The minimum Gasteiger partial charge on any atom is -0.494 e. The van der Waals surface area contributed by atoms with Crippen LogP contribution in [0, 0.1) is 29.1 Å². The predicted molar refractivity (Wildman–Crippen MR) is 202 cm³/mol. The molecule has 0 aromatic carbocycles. The predicted octanol–water partition coefficient (Wildman–Crippen LogP) is 11.6. The molecule has 6 atom stereocenters. The van der Waals surface area contributed by atoms with Crippen LogP contribution in [-0.4, -0.2) is 36.2 Å². The maximum Gasteiger partial charge on any atom is 0.155 e. The zero-order chi connectivity index (χ0) is 35.1. The molecule has 1 fully saturated rings. The molecule has 268 valence electrons. The second kappa shape index (κ2) is 25.4. The summed E-state index contributed by atoms with van der Waals surface area (Å²) in [7, 11) is 0. The lowest BCUT2D eigenvalue weighted by molar-refractivity contribution is -0.115. The summed E-state index contributed by atoms with van der Waals surface area (Å²) in [5.74, 6) is 3.55. The zero-order valence-electron chi connectivity index (χ0n) is 32.5. The van der Waals surface area contributed by atoms with Crippen molar-refractivity contribution in [2.24, 2.45) is 29.1 Å². The van der Waals surface area contributed by atoms with Crippen LogP contribution in [0.4, 0.5) is 0 Å². The highest BCUT2D eigenvalue weighted by Crippen LogP contribution is 2.54. The van der Waals surface area contributed by atoms with E-state index in [1.165, 1.54) is 43.4 Å². The van der Waals surface area contributed by atoms with E-state index in [1.807, 2.05) is 40.7 Å². The molecule has 3 aliphatic rings. The van der Waals surface area contributed by atoms with Crippen LogP contribution in [0.2, 0.25) is 0 Å². The fraction of sp³-hybridized carbons (Fsp3) is 0.786. The maximum absolute atomic E-state index is 11.9. The summed E-state index contributed by atoms with van der Waals surface area (Å²) in [6, 6.07) is 0.755. The number of aliphatic hydroxyl groups excluding tert-OH is 1. The number of ketones is 1. The van der Waals surface area contributed by atoms with Crippen LogP contribution in [0.5, 0.6) is 0 Å². The molecule has 0 aromatic rings. The number of aliphatic hydroxyl groups is 1. The van der Waals surface area contributed by atoms with Gasteiger partial charge in [-0.15, -0.1) is 0 Å². The Hall–Kier alpha value is -1.65. The van der Waals surface area contributed by atoms with Gasteiger partial charge in [0.05, 0.1) is 12.7 Å². The topological polar surface area (TPSA) is 58.6 Å². The van der Waals surface area contributed by atoms with E-state index in [4.69, 9.17) is 4.74 Å². The van der Waals surface area contributed by atoms with E-state index in [-0.39, 0.29) is 11.5 Å². The molecular weight excluding hydrogens is 566 g/mol. The summed E-state index contributed by atoms with van der Waals surface area (Å²) in [5.41, 5.74) is 2.50. The number of carbonyl (C=O) groups is 1. The van der Waals surface area contributed by atoms with Crippen molar-refractivity contribution >= 4 is 5.78 Å². The average Bonchev–Trinajstić information content (AvgIpc) is 3.29. The molecule has 0 saturated heterocycles. The summed E-state index contributed by atoms with van der Waals surface area (Å²) >= 11 is 0. The Kier molecular flexibility index (Phi) is 24.5. The second-order valence-electron chi connectivity index (χ2n) is 13.3. The second-order valence-corrected chi connectivity index (χ2v) is 13.3. The smallest absolute Gasteiger partial charge is 0.155 e. The molecule has 3 rings (SSSR count). The molecule has 0 bridgehead atoms. The summed E-state index contributed by atoms with van der Waals surface area (Å²) in [4.78, 5) is 11.9. The minimum absolute atomic E-state index is 0.0844. The highest BCUT2D eigenvalue weighted by Gasteiger charge is 2.49. The first kappa shape index (κ1) is 44.4. The first-order valence-electron chi connectivity index (χ1n) is 19.5. The fourth-order valence-corrected chi connectivity index (χ4v) is 7.98. The lowest BCUT2D eigenvalue weighted by Gasteiger charge is -2.53. The fourth-order valence-electron chi connectivity index (χ4n) is 7.98. The van der Waals surface area contributed by atoms with E-state index in [2.05, 4.69) is 78.1 Å². The molecule has 3 aliphatic carbocycles. The van der Waals surface area contributed by atoms with E-state index in [0.717, 1.165) is 56.7 Å². The number of nitrogens with one attached hydrogen (secondary N) is 1. The number of carbonyl (C=O) groups excluding carboxylic acids is 1. The Labute approximate surface area is 287 Å². The molecule has 0 heterocycles. The van der Waals surface area contributed by atoms with Gasteiger partial charge < -0.3 is 15.2 Å². The van der Waals surface area contributed by atoms with Gasteiger partial charge in [0.1, 0.15) is 5.76 Å². The molecule has 0 radical (unpaired) electrons. The standard InChI is InChI=1S/C30H46O3.C8H19N.2C2H6/c1-6-24-20-27(32)13-12-26(24)19-25-14-15-30(23(5)31,29(7-2)22(25)4)16-17-33-28-11-9-8-10-21(3)18-28;1-4-7-9-8(5-2)6-3;2*1-2/h8,10-11,18,20,22-23,25-26,29,31H,6-7,9,12-17,19H2,1-5H3;8-9H,4-7H2,1-3H3;2*1-2H3. The van der Waals surface area contributed by atoms with Crippen molar-refractivity contribution in [2.75, 3.05) is 13.2 Å². The van der Waals surface area contributed by atoms with Gasteiger partial charge in [0.25, 0.3) is 0 Å². The summed E-state index contributed by atoms with van der Waals surface area (Å²) < 4.78 is 6.22. The summed E-state index contributed by atoms with van der Waals surface area (Å²) in [5, 5.41) is 14.5. The van der Waals surface area contributed by atoms with Crippen molar-refractivity contribution in [1.82, 2.24) is 5.32 Å². The van der Waals surface area contributed by atoms with Crippen LogP contribution in [0.25, 0.3) is 0 Å². The van der Waals surface area contributed by atoms with Gasteiger partial charge in [-0.2, -0.15) is 0 Å². The Morgan fingerprint density at radius 1 is 1.04 bits per heavy atom. The van der Waals surface area contributed by atoms with Crippen molar-refractivity contribution in [2.45, 2.75) is 172 Å². The van der Waals surface area contributed by atoms with E-state index < -0.39 is 0 Å². The third-order valence-electron chi connectivity index (χ3n) is 10.7. The van der Waals surface area contributed by atoms with Gasteiger partial charge in [-0.05, 0) is 132 Å². The van der Waals surface area contributed by atoms with Crippen molar-refractivity contribution in [1.29, 1.82) is 0 Å². The van der Waals surface area contributed by atoms with Gasteiger partial charge in [-0.1, -0.05) is 93.4 Å². The van der Waals surface area contributed by atoms with E-state index in [1.54, 1.807) is 0 Å². The first-order valence-corrected chi connectivity index (χ1v) is 19.5. The van der Waals surface area contributed by atoms with E-state index >= 15 is 0 Å². The highest BCUT2D eigenvalue weighted by molar-refractivity contribution is 5.91. The van der Waals surface area contributed by atoms with Gasteiger partial charge in [0.15, 0.2) is 5.78 Å². The lowest BCUT2D eigenvalue weighted by atomic mass is 9.53. The SMILES string of the molecule is CC.CC.CCC1=CC(=O)CCC1CC1CCC(CCOC2=CCC=CC(C)=C2)(C(C)O)C(CC)C1C.CCCNC(CC)CC. The number of ether oxygens (including phenoxy) is 1. The van der Waals surface area contributed by atoms with Crippen molar-refractivity contribution in [3.63, 3.8) is 0 Å². The Balaban J connectivity index is 0.00000133. The van der Waals surface area contributed by atoms with E-state index in [0.29, 0.717) is 42.5 Å². The third kappa shape index (κ3) is 14.2. The molecule has 0 amide bonds. The summed E-state index contributed by atoms with van der Waals surface area (Å²) in [6.07, 6.45) is 23.0. The van der Waals surface area contributed by atoms with Crippen LogP contribution >= 0.6 is 0 Å². The number of rotatable bonds is 14. The molecule has 4 nitrogen and oxygen atoms in total. The third-order valence-corrected chi connectivity index (χ3v) is 10.7. The van der Waals surface area contributed by atoms with Crippen LogP contribution in [0.3, 0.4) is 0 Å². The molecule has 1 saturated carbocycles. The zero-order valence-corrected chi connectivity index (χ0v) is 32.5. The van der Waals surface area contributed by atoms with E-state index in [9.17, 15) is 9.90 Å². The molecule has 6 unspecified atom stereocenters. The van der Waals surface area contributed by atoms with Gasteiger partial charge in [0.2, 0.25) is 0 Å². The van der Waals surface area contributed by atoms with Crippen molar-refractivity contribution in [3.05, 3.63) is 47.3 Å². The lowest BCUT2D eigenvalue weighted by Crippen LogP contribution is -2.49. The average molecular weight is 644 g/mol. The van der Waals surface area contributed by atoms with Gasteiger partial charge in [-0.3, -0.25) is 4.79 Å². The highest BCUT2D eigenvalue weighted by atomic mass is 16.5. The Morgan fingerprint density at radius 3 is 2.28 bits per heavy atom. The van der Waals surface area contributed by atoms with Gasteiger partial charge in [-0.25, -0.2) is 0 Å². The molecule has 0 aromatic heterocycles. The van der Waals surface area contributed by atoms with Crippen LogP contribution in [-0.2, 0) is 9.53 Å².